The van der Waals surface area contributed by atoms with Gasteiger partial charge in [0.1, 0.15) is 11.4 Å². The second-order valence-electron chi connectivity index (χ2n) is 4.89. The standard InChI is InChI=1S/C14H17FO2/c1-10-5-7-11(8-6-10)12(15)9-13(16)17-14(2,3)4/h5-9H,1-4H3. The van der Waals surface area contributed by atoms with Crippen molar-refractivity contribution in [1.29, 1.82) is 0 Å². The average molecular weight is 236 g/mol. The molecule has 1 aromatic carbocycles. The maximum absolute atomic E-state index is 13.7. The van der Waals surface area contributed by atoms with E-state index >= 15 is 0 Å². The summed E-state index contributed by atoms with van der Waals surface area (Å²) in [5.74, 6) is -1.25. The van der Waals surface area contributed by atoms with Crippen LogP contribution < -0.4 is 0 Å². The van der Waals surface area contributed by atoms with E-state index in [-0.39, 0.29) is 0 Å². The van der Waals surface area contributed by atoms with E-state index in [2.05, 4.69) is 0 Å². The highest BCUT2D eigenvalue weighted by Gasteiger charge is 2.15. The summed E-state index contributed by atoms with van der Waals surface area (Å²) in [5, 5.41) is 0. The minimum atomic E-state index is -0.671. The normalized spacial score (nSPS) is 12.4. The van der Waals surface area contributed by atoms with Crippen LogP contribution in [0.4, 0.5) is 4.39 Å². The summed E-state index contributed by atoms with van der Waals surface area (Å²) < 4.78 is 18.7. The summed E-state index contributed by atoms with van der Waals surface area (Å²) in [6.07, 6.45) is 0.871. The van der Waals surface area contributed by atoms with Gasteiger partial charge in [0, 0.05) is 5.56 Å². The van der Waals surface area contributed by atoms with E-state index < -0.39 is 17.4 Å². The predicted molar refractivity (Wildman–Crippen MR) is 66.1 cm³/mol. The van der Waals surface area contributed by atoms with Gasteiger partial charge in [0.25, 0.3) is 0 Å². The molecule has 0 unspecified atom stereocenters. The third-order valence-corrected chi connectivity index (χ3v) is 1.98. The number of aryl methyl sites for hydroxylation is 1. The van der Waals surface area contributed by atoms with Crippen molar-refractivity contribution in [2.75, 3.05) is 0 Å². The van der Waals surface area contributed by atoms with Gasteiger partial charge in [0.15, 0.2) is 0 Å². The van der Waals surface area contributed by atoms with Crippen molar-refractivity contribution in [3.8, 4) is 0 Å². The number of rotatable bonds is 2. The number of ether oxygens (including phenoxy) is 1. The molecule has 0 fully saturated rings. The van der Waals surface area contributed by atoms with Crippen LogP contribution in [-0.4, -0.2) is 11.6 Å². The Hall–Kier alpha value is -1.64. The van der Waals surface area contributed by atoms with Crippen LogP contribution in [-0.2, 0) is 9.53 Å². The summed E-state index contributed by atoms with van der Waals surface area (Å²) in [5.41, 5.74) is 0.807. The molecule has 1 rings (SSSR count). The van der Waals surface area contributed by atoms with Gasteiger partial charge in [-0.3, -0.25) is 0 Å². The minimum absolute atomic E-state index is 0.376. The fraction of sp³-hybridized carbons (Fsp3) is 0.357. The van der Waals surface area contributed by atoms with E-state index in [0.29, 0.717) is 5.56 Å². The number of esters is 1. The second kappa shape index (κ2) is 5.13. The highest BCUT2D eigenvalue weighted by Crippen LogP contribution is 2.17. The van der Waals surface area contributed by atoms with E-state index in [1.165, 1.54) is 0 Å². The van der Waals surface area contributed by atoms with Gasteiger partial charge < -0.3 is 4.74 Å². The number of hydrogen-bond donors (Lipinski definition) is 0. The van der Waals surface area contributed by atoms with Gasteiger partial charge in [0.2, 0.25) is 0 Å². The smallest absolute Gasteiger partial charge is 0.334 e. The molecule has 0 aromatic heterocycles. The topological polar surface area (TPSA) is 26.3 Å². The van der Waals surface area contributed by atoms with Crippen LogP contribution in [0.2, 0.25) is 0 Å². The molecule has 0 saturated heterocycles. The van der Waals surface area contributed by atoms with Crippen molar-refractivity contribution in [3.05, 3.63) is 41.5 Å². The van der Waals surface area contributed by atoms with Crippen LogP contribution >= 0.6 is 0 Å². The number of halogens is 1. The fourth-order valence-electron chi connectivity index (χ4n) is 1.23. The summed E-state index contributed by atoms with van der Waals surface area (Å²) in [4.78, 5) is 11.4. The SMILES string of the molecule is Cc1ccc(C(F)=CC(=O)OC(C)(C)C)cc1. The monoisotopic (exact) mass is 236 g/mol. The molecule has 0 saturated carbocycles. The largest absolute Gasteiger partial charge is 0.457 e. The number of benzene rings is 1. The lowest BCUT2D eigenvalue weighted by molar-refractivity contribution is -0.148. The zero-order valence-electron chi connectivity index (χ0n) is 10.6. The van der Waals surface area contributed by atoms with E-state index in [1.807, 2.05) is 6.92 Å². The van der Waals surface area contributed by atoms with Crippen LogP contribution in [0.25, 0.3) is 5.83 Å². The van der Waals surface area contributed by atoms with Crippen LogP contribution in [0.5, 0.6) is 0 Å². The summed E-state index contributed by atoms with van der Waals surface area (Å²) in [7, 11) is 0. The third-order valence-electron chi connectivity index (χ3n) is 1.98. The van der Waals surface area contributed by atoms with Gasteiger partial charge in [-0.15, -0.1) is 0 Å². The predicted octanol–water partition coefficient (Wildman–Crippen LogP) is 3.65. The number of carbonyl (C=O) groups is 1. The Morgan fingerprint density at radius 1 is 1.24 bits per heavy atom. The van der Waals surface area contributed by atoms with Crippen LogP contribution in [0.3, 0.4) is 0 Å². The molecule has 0 aliphatic heterocycles. The minimum Gasteiger partial charge on any atom is -0.457 e. The Labute approximate surface area is 101 Å². The first-order valence-corrected chi connectivity index (χ1v) is 5.45. The van der Waals surface area contributed by atoms with Gasteiger partial charge in [-0.1, -0.05) is 29.8 Å². The highest BCUT2D eigenvalue weighted by molar-refractivity contribution is 5.89. The maximum atomic E-state index is 13.7. The molecule has 3 heteroatoms. The van der Waals surface area contributed by atoms with E-state index in [0.717, 1.165) is 11.6 Å². The zero-order valence-corrected chi connectivity index (χ0v) is 10.6. The molecule has 17 heavy (non-hydrogen) atoms. The van der Waals surface area contributed by atoms with E-state index in [4.69, 9.17) is 4.74 Å². The molecule has 0 atom stereocenters. The number of carbonyl (C=O) groups excluding carboxylic acids is 1. The Balaban J connectivity index is 2.79. The lowest BCUT2D eigenvalue weighted by atomic mass is 10.1. The van der Waals surface area contributed by atoms with Crippen LogP contribution in [0.1, 0.15) is 31.9 Å². The summed E-state index contributed by atoms with van der Waals surface area (Å²) in [6, 6.07) is 6.84. The molecular formula is C14H17FO2. The lowest BCUT2D eigenvalue weighted by Crippen LogP contribution is -2.22. The van der Waals surface area contributed by atoms with Gasteiger partial charge in [-0.05, 0) is 27.7 Å². The molecular weight excluding hydrogens is 219 g/mol. The Bertz CT molecular complexity index is 425. The molecule has 0 N–H and O–H groups in total. The third kappa shape index (κ3) is 4.81. The number of hydrogen-bond acceptors (Lipinski definition) is 2. The van der Waals surface area contributed by atoms with Crippen molar-refractivity contribution >= 4 is 11.8 Å². The molecule has 0 aliphatic carbocycles. The van der Waals surface area contributed by atoms with Crippen LogP contribution in [0.15, 0.2) is 30.3 Å². The second-order valence-corrected chi connectivity index (χ2v) is 4.89. The first-order valence-electron chi connectivity index (χ1n) is 5.45. The van der Waals surface area contributed by atoms with Gasteiger partial charge in [-0.2, -0.15) is 0 Å². The van der Waals surface area contributed by atoms with Crippen molar-refractivity contribution in [1.82, 2.24) is 0 Å². The Morgan fingerprint density at radius 3 is 2.24 bits per heavy atom. The fourth-order valence-corrected chi connectivity index (χ4v) is 1.23. The van der Waals surface area contributed by atoms with Crippen molar-refractivity contribution < 1.29 is 13.9 Å². The molecule has 0 radical (unpaired) electrons. The van der Waals surface area contributed by atoms with E-state index in [9.17, 15) is 9.18 Å². The van der Waals surface area contributed by atoms with Gasteiger partial charge >= 0.3 is 5.97 Å². The summed E-state index contributed by atoms with van der Waals surface area (Å²) >= 11 is 0. The summed E-state index contributed by atoms with van der Waals surface area (Å²) in [6.45, 7) is 7.13. The molecule has 0 bridgehead atoms. The lowest BCUT2D eigenvalue weighted by Gasteiger charge is -2.18. The van der Waals surface area contributed by atoms with Crippen molar-refractivity contribution in [3.63, 3.8) is 0 Å². The first-order chi connectivity index (χ1) is 7.78. The van der Waals surface area contributed by atoms with E-state index in [1.54, 1.807) is 45.0 Å². The Morgan fingerprint density at radius 2 is 1.76 bits per heavy atom. The molecule has 92 valence electrons. The molecule has 0 amide bonds. The maximum Gasteiger partial charge on any atom is 0.334 e. The first kappa shape index (κ1) is 13.4. The highest BCUT2D eigenvalue weighted by atomic mass is 19.1. The van der Waals surface area contributed by atoms with Crippen LogP contribution in [0, 0.1) is 6.92 Å². The van der Waals surface area contributed by atoms with Gasteiger partial charge in [-0.25, -0.2) is 9.18 Å². The molecule has 0 spiro atoms. The zero-order chi connectivity index (χ0) is 13.1. The van der Waals surface area contributed by atoms with Gasteiger partial charge in [0.05, 0.1) is 6.08 Å². The van der Waals surface area contributed by atoms with Crippen molar-refractivity contribution in [2.45, 2.75) is 33.3 Å². The molecule has 0 aliphatic rings. The molecule has 0 heterocycles. The quantitative estimate of drug-likeness (QED) is 0.578. The molecule has 1 aromatic rings. The molecule has 2 nitrogen and oxygen atoms in total. The average Bonchev–Trinajstić information content (AvgIpc) is 2.15. The van der Waals surface area contributed by atoms with Crippen molar-refractivity contribution in [2.24, 2.45) is 0 Å². The Kier molecular flexibility index (Phi) is 4.05.